The van der Waals surface area contributed by atoms with Crippen molar-refractivity contribution in [2.75, 3.05) is 18.6 Å². The molecule has 25 heavy (non-hydrogen) atoms. The Morgan fingerprint density at radius 1 is 1.40 bits per heavy atom. The molecular formula is C19H21NO3S2. The lowest BCUT2D eigenvalue weighted by molar-refractivity contribution is -0.117. The fourth-order valence-electron chi connectivity index (χ4n) is 3.57. The Hall–Kier alpha value is -1.34. The van der Waals surface area contributed by atoms with E-state index in [0.29, 0.717) is 25.9 Å². The van der Waals surface area contributed by atoms with Crippen LogP contribution in [0.1, 0.15) is 30.9 Å². The van der Waals surface area contributed by atoms with Gasteiger partial charge in [-0.05, 0) is 47.7 Å². The normalized spacial score (nSPS) is 26.1. The highest BCUT2D eigenvalue weighted by Gasteiger charge is 2.35. The van der Waals surface area contributed by atoms with E-state index >= 15 is 0 Å². The van der Waals surface area contributed by atoms with E-state index in [1.54, 1.807) is 28.0 Å². The van der Waals surface area contributed by atoms with Gasteiger partial charge in [-0.3, -0.25) is 4.79 Å². The number of hydrogen-bond acceptors (Lipinski definition) is 5. The highest BCUT2D eigenvalue weighted by molar-refractivity contribution is 8.01. The van der Waals surface area contributed by atoms with Crippen molar-refractivity contribution in [2.45, 2.75) is 47.0 Å². The zero-order valence-electron chi connectivity index (χ0n) is 14.3. The zero-order valence-corrected chi connectivity index (χ0v) is 16.0. The van der Waals surface area contributed by atoms with E-state index < -0.39 is 5.60 Å². The van der Waals surface area contributed by atoms with Crippen LogP contribution in [0.25, 0.3) is 0 Å². The minimum atomic E-state index is -0.778. The van der Waals surface area contributed by atoms with Crippen LogP contribution in [0.3, 0.4) is 0 Å². The first-order chi connectivity index (χ1) is 11.9. The van der Waals surface area contributed by atoms with Crippen molar-refractivity contribution >= 4 is 34.7 Å². The predicted octanol–water partition coefficient (Wildman–Crippen LogP) is 3.80. The van der Waals surface area contributed by atoms with Gasteiger partial charge in [-0.1, -0.05) is 11.8 Å². The summed E-state index contributed by atoms with van der Waals surface area (Å²) in [5.74, 6) is 0.145. The minimum absolute atomic E-state index is 0.0843. The molecular weight excluding hydrogens is 354 g/mol. The third kappa shape index (κ3) is 3.24. The summed E-state index contributed by atoms with van der Waals surface area (Å²) in [6.45, 7) is 2.61. The highest BCUT2D eigenvalue weighted by Crippen LogP contribution is 2.42. The molecule has 2 aliphatic rings. The quantitative estimate of drug-likeness (QED) is 0.886. The second kappa shape index (κ2) is 6.43. The number of carbonyl (C=O) groups is 1. The van der Waals surface area contributed by atoms with E-state index in [1.807, 2.05) is 20.0 Å². The average Bonchev–Trinajstić information content (AvgIpc) is 3.13. The highest BCUT2D eigenvalue weighted by atomic mass is 32.2. The SMILES string of the molecule is C[C@@H]1C[C@](O)(c2csc(Sc3ccc4c(c3)CC(=O)N4C)c2)CCO1. The molecule has 0 radical (unpaired) electrons. The first kappa shape index (κ1) is 17.1. The van der Waals surface area contributed by atoms with Crippen molar-refractivity contribution in [3.8, 4) is 0 Å². The monoisotopic (exact) mass is 375 g/mol. The topological polar surface area (TPSA) is 49.8 Å². The first-order valence-corrected chi connectivity index (χ1v) is 10.1. The molecule has 1 aromatic heterocycles. The van der Waals surface area contributed by atoms with Crippen molar-refractivity contribution in [3.05, 3.63) is 40.8 Å². The molecule has 4 rings (SSSR count). The van der Waals surface area contributed by atoms with Gasteiger partial charge in [0.15, 0.2) is 0 Å². The average molecular weight is 376 g/mol. The van der Waals surface area contributed by atoms with Crippen molar-refractivity contribution in [3.63, 3.8) is 0 Å². The van der Waals surface area contributed by atoms with E-state index in [9.17, 15) is 9.90 Å². The summed E-state index contributed by atoms with van der Waals surface area (Å²) < 4.78 is 6.72. The number of fused-ring (bicyclic) bond motifs is 1. The summed E-state index contributed by atoms with van der Waals surface area (Å²) in [5, 5.41) is 13.0. The Morgan fingerprint density at radius 3 is 3.04 bits per heavy atom. The summed E-state index contributed by atoms with van der Waals surface area (Å²) in [6, 6.07) is 8.28. The molecule has 2 atom stereocenters. The van der Waals surface area contributed by atoms with E-state index in [4.69, 9.17) is 4.74 Å². The van der Waals surface area contributed by atoms with E-state index in [0.717, 1.165) is 25.9 Å². The van der Waals surface area contributed by atoms with Gasteiger partial charge in [0.1, 0.15) is 0 Å². The Balaban J connectivity index is 1.52. The van der Waals surface area contributed by atoms with E-state index in [1.165, 1.54) is 0 Å². The molecule has 1 aromatic carbocycles. The van der Waals surface area contributed by atoms with Crippen molar-refractivity contribution in [1.82, 2.24) is 0 Å². The lowest BCUT2D eigenvalue weighted by atomic mass is 9.86. The predicted molar refractivity (Wildman–Crippen MR) is 101 cm³/mol. The minimum Gasteiger partial charge on any atom is -0.385 e. The van der Waals surface area contributed by atoms with Gasteiger partial charge < -0.3 is 14.7 Å². The molecule has 6 heteroatoms. The number of likely N-dealkylation sites (N-methyl/N-ethyl adjacent to an activating group) is 1. The van der Waals surface area contributed by atoms with Crippen LogP contribution >= 0.6 is 23.1 Å². The fourth-order valence-corrected chi connectivity index (χ4v) is 5.67. The van der Waals surface area contributed by atoms with Crippen LogP contribution in [-0.2, 0) is 21.6 Å². The molecule has 1 saturated heterocycles. The zero-order chi connectivity index (χ0) is 17.6. The fraction of sp³-hybridized carbons (Fsp3) is 0.421. The van der Waals surface area contributed by atoms with Gasteiger partial charge in [-0.2, -0.15) is 0 Å². The Kier molecular flexibility index (Phi) is 4.40. The summed E-state index contributed by atoms with van der Waals surface area (Å²) in [7, 11) is 1.82. The van der Waals surface area contributed by atoms with Crippen LogP contribution in [0.4, 0.5) is 5.69 Å². The second-order valence-electron chi connectivity index (χ2n) is 6.84. The molecule has 2 aliphatic heterocycles. The van der Waals surface area contributed by atoms with Crippen LogP contribution in [0.2, 0.25) is 0 Å². The van der Waals surface area contributed by atoms with Crippen molar-refractivity contribution in [2.24, 2.45) is 0 Å². The summed E-state index contributed by atoms with van der Waals surface area (Å²) >= 11 is 3.34. The molecule has 3 heterocycles. The van der Waals surface area contributed by atoms with Crippen LogP contribution in [-0.4, -0.2) is 30.8 Å². The van der Waals surface area contributed by atoms with Crippen LogP contribution < -0.4 is 4.90 Å². The maximum atomic E-state index is 11.8. The summed E-state index contributed by atoms with van der Waals surface area (Å²) in [5.41, 5.74) is 2.31. The Bertz CT molecular complexity index is 819. The molecule has 0 aliphatic carbocycles. The molecule has 0 bridgehead atoms. The molecule has 132 valence electrons. The van der Waals surface area contributed by atoms with Crippen molar-refractivity contribution < 1.29 is 14.6 Å². The lowest BCUT2D eigenvalue weighted by Crippen LogP contribution is -2.37. The molecule has 1 N–H and O–H groups in total. The van der Waals surface area contributed by atoms with Gasteiger partial charge >= 0.3 is 0 Å². The molecule has 1 fully saturated rings. The van der Waals surface area contributed by atoms with E-state index in [-0.39, 0.29) is 12.0 Å². The summed E-state index contributed by atoms with van der Waals surface area (Å²) in [4.78, 5) is 14.7. The van der Waals surface area contributed by atoms with Gasteiger partial charge in [0.2, 0.25) is 5.91 Å². The number of aliphatic hydroxyl groups is 1. The molecule has 2 aromatic rings. The first-order valence-electron chi connectivity index (χ1n) is 8.45. The van der Waals surface area contributed by atoms with Crippen LogP contribution in [0.5, 0.6) is 0 Å². The lowest BCUT2D eigenvalue weighted by Gasteiger charge is -2.35. The number of hydrogen-bond donors (Lipinski definition) is 1. The third-order valence-corrected chi connectivity index (χ3v) is 7.07. The second-order valence-corrected chi connectivity index (χ2v) is 9.13. The van der Waals surface area contributed by atoms with Crippen molar-refractivity contribution in [1.29, 1.82) is 0 Å². The Morgan fingerprint density at radius 2 is 2.24 bits per heavy atom. The third-order valence-electron chi connectivity index (χ3n) is 5.00. The number of benzene rings is 1. The largest absolute Gasteiger partial charge is 0.385 e. The molecule has 0 saturated carbocycles. The molecule has 4 nitrogen and oxygen atoms in total. The molecule has 0 spiro atoms. The number of rotatable bonds is 3. The maximum absolute atomic E-state index is 11.8. The molecule has 0 unspecified atom stereocenters. The number of amides is 1. The van der Waals surface area contributed by atoms with Gasteiger partial charge in [-0.15, -0.1) is 11.3 Å². The standard InChI is InChI=1S/C19H21NO3S2/c1-12-10-19(22,5-6-23-12)14-9-18(24-11-14)25-15-3-4-16-13(7-15)8-17(21)20(16)2/h3-4,7,9,11-12,22H,5-6,8,10H2,1-2H3/t12-,19+/m1/s1. The number of carbonyl (C=O) groups excluding carboxylic acids is 1. The maximum Gasteiger partial charge on any atom is 0.231 e. The molecule has 1 amide bonds. The van der Waals surface area contributed by atoms with Crippen LogP contribution in [0, 0.1) is 0 Å². The number of ether oxygens (including phenoxy) is 1. The van der Waals surface area contributed by atoms with Crippen LogP contribution in [0.15, 0.2) is 38.8 Å². The van der Waals surface area contributed by atoms with E-state index in [2.05, 4.69) is 23.6 Å². The van der Waals surface area contributed by atoms with Gasteiger partial charge in [0.25, 0.3) is 0 Å². The van der Waals surface area contributed by atoms with Gasteiger partial charge in [0.05, 0.1) is 28.9 Å². The Labute approximate surface area is 155 Å². The number of thiophene rings is 1. The van der Waals surface area contributed by atoms with Gasteiger partial charge in [0, 0.05) is 30.5 Å². The number of nitrogens with zero attached hydrogens (tertiary/aromatic N) is 1. The number of anilines is 1. The van der Waals surface area contributed by atoms with Gasteiger partial charge in [-0.25, -0.2) is 0 Å². The smallest absolute Gasteiger partial charge is 0.231 e. The summed E-state index contributed by atoms with van der Waals surface area (Å²) in [6.07, 6.45) is 1.85.